The first-order valence-electron chi connectivity index (χ1n) is 7.43. The lowest BCUT2D eigenvalue weighted by atomic mass is 10.1. The molecule has 0 bridgehead atoms. The van der Waals surface area contributed by atoms with Gasteiger partial charge in [-0.15, -0.1) is 0 Å². The molecule has 0 atom stereocenters. The standard InChI is InChI=1S/C18H14N2O3/c1-2-23-18(22)20-14-10-6-5-9-13(14)15-16(20)11-7-3-4-8-12(11)17(21)19-15/h3-10H,2H2,1H3,(H,19,21). The van der Waals surface area contributed by atoms with Crippen molar-refractivity contribution in [3.05, 3.63) is 58.9 Å². The Labute approximate surface area is 131 Å². The van der Waals surface area contributed by atoms with Crippen LogP contribution < -0.4 is 5.56 Å². The molecule has 0 spiro atoms. The number of H-pyrrole nitrogens is 1. The van der Waals surface area contributed by atoms with E-state index >= 15 is 0 Å². The first-order chi connectivity index (χ1) is 11.2. The Morgan fingerprint density at radius 1 is 1.04 bits per heavy atom. The third-order valence-electron chi connectivity index (χ3n) is 3.99. The van der Waals surface area contributed by atoms with Crippen molar-refractivity contribution in [1.82, 2.24) is 9.55 Å². The number of nitrogens with one attached hydrogen (secondary N) is 1. The minimum absolute atomic E-state index is 0.167. The van der Waals surface area contributed by atoms with Crippen molar-refractivity contribution < 1.29 is 9.53 Å². The second-order valence-corrected chi connectivity index (χ2v) is 5.27. The maximum atomic E-state index is 12.5. The van der Waals surface area contributed by atoms with Crippen LogP contribution in [0.5, 0.6) is 0 Å². The smallest absolute Gasteiger partial charge is 0.419 e. The maximum absolute atomic E-state index is 12.5. The molecule has 114 valence electrons. The molecule has 0 fully saturated rings. The van der Waals surface area contributed by atoms with E-state index in [-0.39, 0.29) is 12.2 Å². The molecule has 5 nitrogen and oxygen atoms in total. The van der Waals surface area contributed by atoms with Crippen LogP contribution in [0.4, 0.5) is 4.79 Å². The van der Waals surface area contributed by atoms with Crippen LogP contribution in [-0.4, -0.2) is 22.3 Å². The number of aromatic nitrogens is 2. The SMILES string of the molecule is CCOC(=O)n1c2ccccc2c2[nH]c(=O)c3ccccc3c21. The number of carbonyl (C=O) groups excluding carboxylic acids is 1. The van der Waals surface area contributed by atoms with Crippen LogP contribution in [0.3, 0.4) is 0 Å². The summed E-state index contributed by atoms with van der Waals surface area (Å²) in [6, 6.07) is 14.7. The zero-order chi connectivity index (χ0) is 16.0. The maximum Gasteiger partial charge on any atom is 0.419 e. The summed E-state index contributed by atoms with van der Waals surface area (Å²) in [7, 11) is 0. The van der Waals surface area contributed by atoms with Gasteiger partial charge in [0.05, 0.1) is 23.2 Å². The number of fused-ring (bicyclic) bond motifs is 5. The lowest BCUT2D eigenvalue weighted by Gasteiger charge is -2.07. The van der Waals surface area contributed by atoms with Crippen molar-refractivity contribution in [2.24, 2.45) is 0 Å². The number of ether oxygens (including phenoxy) is 1. The van der Waals surface area contributed by atoms with Crippen molar-refractivity contribution in [1.29, 1.82) is 0 Å². The molecule has 4 rings (SSSR count). The second kappa shape index (κ2) is 4.98. The van der Waals surface area contributed by atoms with E-state index in [9.17, 15) is 9.59 Å². The summed E-state index contributed by atoms with van der Waals surface area (Å²) in [6.45, 7) is 2.06. The van der Waals surface area contributed by atoms with Gasteiger partial charge in [-0.25, -0.2) is 9.36 Å². The van der Waals surface area contributed by atoms with Gasteiger partial charge in [-0.3, -0.25) is 4.79 Å². The lowest BCUT2D eigenvalue weighted by Crippen LogP contribution is -2.14. The first kappa shape index (κ1) is 13.6. The van der Waals surface area contributed by atoms with Gasteiger partial charge in [-0.05, 0) is 19.1 Å². The van der Waals surface area contributed by atoms with Crippen molar-refractivity contribution in [2.45, 2.75) is 6.92 Å². The molecule has 0 aliphatic rings. The Bertz CT molecular complexity index is 1120. The Balaban J connectivity index is 2.30. The molecule has 0 saturated heterocycles. The van der Waals surface area contributed by atoms with E-state index in [0.29, 0.717) is 21.9 Å². The summed E-state index contributed by atoms with van der Waals surface area (Å²) >= 11 is 0. The van der Waals surface area contributed by atoms with E-state index in [4.69, 9.17) is 4.74 Å². The molecule has 0 radical (unpaired) electrons. The average molecular weight is 306 g/mol. The predicted molar refractivity (Wildman–Crippen MR) is 90.0 cm³/mol. The minimum atomic E-state index is -0.448. The third-order valence-corrected chi connectivity index (χ3v) is 3.99. The highest BCUT2D eigenvalue weighted by atomic mass is 16.5. The monoisotopic (exact) mass is 306 g/mol. The normalized spacial score (nSPS) is 11.3. The number of para-hydroxylation sites is 1. The third kappa shape index (κ3) is 1.86. The van der Waals surface area contributed by atoms with Crippen molar-refractivity contribution >= 4 is 38.8 Å². The molecule has 0 aliphatic heterocycles. The number of carbonyl (C=O) groups is 1. The fourth-order valence-corrected chi connectivity index (χ4v) is 3.07. The number of rotatable bonds is 1. The minimum Gasteiger partial charge on any atom is -0.449 e. The van der Waals surface area contributed by atoms with Crippen molar-refractivity contribution in [3.8, 4) is 0 Å². The molecule has 4 aromatic rings. The van der Waals surface area contributed by atoms with E-state index in [2.05, 4.69) is 4.98 Å². The molecule has 0 unspecified atom stereocenters. The van der Waals surface area contributed by atoms with E-state index in [1.165, 1.54) is 4.57 Å². The Kier molecular flexibility index (Phi) is 2.94. The highest BCUT2D eigenvalue weighted by Crippen LogP contribution is 2.31. The van der Waals surface area contributed by atoms with Gasteiger partial charge in [0, 0.05) is 16.2 Å². The summed E-state index contributed by atoms with van der Waals surface area (Å²) in [5, 5.41) is 2.10. The Hall–Kier alpha value is -3.08. The van der Waals surface area contributed by atoms with Crippen LogP contribution in [-0.2, 0) is 4.74 Å². The van der Waals surface area contributed by atoms with Gasteiger partial charge >= 0.3 is 6.09 Å². The number of aromatic amines is 1. The fraction of sp³-hybridized carbons (Fsp3) is 0.111. The van der Waals surface area contributed by atoms with Gasteiger partial charge in [-0.2, -0.15) is 0 Å². The topological polar surface area (TPSA) is 64.1 Å². The molecule has 0 aliphatic carbocycles. The van der Waals surface area contributed by atoms with Crippen LogP contribution in [0.2, 0.25) is 0 Å². The summed E-state index contributed by atoms with van der Waals surface area (Å²) in [6.07, 6.45) is -0.448. The van der Waals surface area contributed by atoms with Gasteiger partial charge in [0.25, 0.3) is 5.56 Å². The molecule has 2 aromatic carbocycles. The summed E-state index contributed by atoms with van der Waals surface area (Å²) in [5.41, 5.74) is 1.87. The van der Waals surface area contributed by atoms with Gasteiger partial charge in [0.2, 0.25) is 0 Å². The van der Waals surface area contributed by atoms with E-state index in [1.54, 1.807) is 19.1 Å². The van der Waals surface area contributed by atoms with Crippen molar-refractivity contribution in [3.63, 3.8) is 0 Å². The summed E-state index contributed by atoms with van der Waals surface area (Å²) < 4.78 is 6.75. The molecular formula is C18H14N2O3. The van der Waals surface area contributed by atoms with Gasteiger partial charge < -0.3 is 9.72 Å². The zero-order valence-corrected chi connectivity index (χ0v) is 12.5. The fourth-order valence-electron chi connectivity index (χ4n) is 3.07. The van der Waals surface area contributed by atoms with Gasteiger partial charge in [0.1, 0.15) is 0 Å². The van der Waals surface area contributed by atoms with Crippen LogP contribution in [0.1, 0.15) is 6.92 Å². The molecular weight excluding hydrogens is 292 g/mol. The van der Waals surface area contributed by atoms with Crippen LogP contribution >= 0.6 is 0 Å². The number of hydrogen-bond donors (Lipinski definition) is 1. The molecule has 0 saturated carbocycles. The van der Waals surface area contributed by atoms with Crippen molar-refractivity contribution in [2.75, 3.05) is 6.61 Å². The van der Waals surface area contributed by atoms with E-state index in [0.717, 1.165) is 10.8 Å². The number of hydrogen-bond acceptors (Lipinski definition) is 3. The molecule has 0 amide bonds. The van der Waals surface area contributed by atoms with Gasteiger partial charge in [-0.1, -0.05) is 36.4 Å². The molecule has 5 heteroatoms. The van der Waals surface area contributed by atoms with Gasteiger partial charge in [0.15, 0.2) is 0 Å². The van der Waals surface area contributed by atoms with E-state index in [1.807, 2.05) is 36.4 Å². The Morgan fingerprint density at radius 3 is 2.43 bits per heavy atom. The van der Waals surface area contributed by atoms with Crippen LogP contribution in [0.15, 0.2) is 53.3 Å². The second-order valence-electron chi connectivity index (χ2n) is 5.27. The molecule has 2 heterocycles. The largest absolute Gasteiger partial charge is 0.449 e. The average Bonchev–Trinajstić information content (AvgIpc) is 2.90. The van der Waals surface area contributed by atoms with Crippen LogP contribution in [0.25, 0.3) is 32.7 Å². The number of nitrogens with zero attached hydrogens (tertiary/aromatic N) is 1. The predicted octanol–water partition coefficient (Wildman–Crippen LogP) is 3.64. The molecule has 23 heavy (non-hydrogen) atoms. The van der Waals surface area contributed by atoms with Crippen LogP contribution in [0, 0.1) is 0 Å². The quantitative estimate of drug-likeness (QED) is 0.584. The number of benzene rings is 2. The zero-order valence-electron chi connectivity index (χ0n) is 12.5. The summed E-state index contributed by atoms with van der Waals surface area (Å²) in [4.78, 5) is 27.8. The highest BCUT2D eigenvalue weighted by molar-refractivity contribution is 6.18. The lowest BCUT2D eigenvalue weighted by molar-refractivity contribution is 0.156. The molecule has 1 N–H and O–H groups in total. The highest BCUT2D eigenvalue weighted by Gasteiger charge is 2.20. The first-order valence-corrected chi connectivity index (χ1v) is 7.43. The Morgan fingerprint density at radius 2 is 1.70 bits per heavy atom. The molecule has 2 aromatic heterocycles. The summed E-state index contributed by atoms with van der Waals surface area (Å²) in [5.74, 6) is 0. The number of pyridine rings is 1. The van der Waals surface area contributed by atoms with E-state index < -0.39 is 6.09 Å².